The van der Waals surface area contributed by atoms with E-state index < -0.39 is 10.8 Å². The average Bonchev–Trinajstić information content (AvgIpc) is 2.57. The van der Waals surface area contributed by atoms with Gasteiger partial charge in [-0.15, -0.1) is 0 Å². The number of amides is 2. The zero-order chi connectivity index (χ0) is 19.1. The van der Waals surface area contributed by atoms with Gasteiger partial charge in [-0.25, -0.2) is 0 Å². The minimum Gasteiger partial charge on any atom is -0.352 e. The summed E-state index contributed by atoms with van der Waals surface area (Å²) >= 11 is 3.38. The van der Waals surface area contributed by atoms with Gasteiger partial charge in [0.1, 0.15) is 0 Å². The van der Waals surface area contributed by atoms with Crippen molar-refractivity contribution in [3.05, 3.63) is 63.6 Å². The fraction of sp³-hybridized carbons (Fsp3) is 0.263. The van der Waals surface area contributed by atoms with Crippen molar-refractivity contribution in [2.75, 3.05) is 18.1 Å². The van der Waals surface area contributed by atoms with E-state index in [1.807, 2.05) is 31.2 Å². The Bertz CT molecular complexity index is 839. The number of carbonyl (C=O) groups is 2. The molecule has 0 aromatic heterocycles. The molecular weight excluding hydrogens is 416 g/mol. The van der Waals surface area contributed by atoms with Gasteiger partial charge in [-0.3, -0.25) is 13.8 Å². The van der Waals surface area contributed by atoms with Crippen LogP contribution in [0.5, 0.6) is 0 Å². The molecule has 2 aromatic rings. The van der Waals surface area contributed by atoms with E-state index in [0.29, 0.717) is 11.3 Å². The SMILES string of the molecule is Cc1ccc(Br)cc1NC(=O)CCNC(=O)c1cccc(CS(C)=O)c1. The number of carbonyl (C=O) groups excluding carboxylic acids is 2. The van der Waals surface area contributed by atoms with E-state index in [2.05, 4.69) is 26.6 Å². The predicted octanol–water partition coefficient (Wildman–Crippen LogP) is 3.39. The molecule has 2 aromatic carbocycles. The van der Waals surface area contributed by atoms with E-state index >= 15 is 0 Å². The van der Waals surface area contributed by atoms with E-state index in [9.17, 15) is 13.8 Å². The van der Waals surface area contributed by atoms with E-state index in [1.165, 1.54) is 0 Å². The normalized spacial score (nSPS) is 11.7. The molecule has 0 radical (unpaired) electrons. The average molecular weight is 437 g/mol. The van der Waals surface area contributed by atoms with Crippen molar-refractivity contribution in [3.8, 4) is 0 Å². The van der Waals surface area contributed by atoms with E-state index in [4.69, 9.17) is 0 Å². The fourth-order valence-electron chi connectivity index (χ4n) is 2.37. The Morgan fingerprint density at radius 1 is 1.15 bits per heavy atom. The number of aryl methyl sites for hydroxylation is 1. The number of halogens is 1. The molecule has 0 fully saturated rings. The molecule has 1 atom stereocenters. The highest BCUT2D eigenvalue weighted by Gasteiger charge is 2.09. The first-order valence-corrected chi connectivity index (χ1v) is 10.6. The van der Waals surface area contributed by atoms with Gasteiger partial charge in [0, 0.05) is 51.5 Å². The molecule has 0 aliphatic carbocycles. The third-order valence-electron chi connectivity index (χ3n) is 3.67. The number of hydrogen-bond donors (Lipinski definition) is 2. The van der Waals surface area contributed by atoms with Gasteiger partial charge in [0.05, 0.1) is 0 Å². The first-order chi connectivity index (χ1) is 12.3. The highest BCUT2D eigenvalue weighted by atomic mass is 79.9. The van der Waals surface area contributed by atoms with Crippen LogP contribution in [0.2, 0.25) is 0 Å². The molecular formula is C19H21BrN2O3S. The largest absolute Gasteiger partial charge is 0.352 e. The maximum Gasteiger partial charge on any atom is 0.251 e. The molecule has 1 unspecified atom stereocenters. The highest BCUT2D eigenvalue weighted by molar-refractivity contribution is 9.10. The minimum atomic E-state index is -0.961. The third-order valence-corrected chi connectivity index (χ3v) is 4.90. The molecule has 0 heterocycles. The van der Waals surface area contributed by atoms with Gasteiger partial charge in [-0.1, -0.05) is 34.1 Å². The molecule has 0 spiro atoms. The maximum atomic E-state index is 12.2. The van der Waals surface area contributed by atoms with Gasteiger partial charge in [0.2, 0.25) is 5.91 Å². The lowest BCUT2D eigenvalue weighted by Crippen LogP contribution is -2.27. The molecule has 2 amide bonds. The Kier molecular flexibility index (Phi) is 7.53. The maximum absolute atomic E-state index is 12.2. The molecule has 2 rings (SSSR count). The van der Waals surface area contributed by atoms with Crippen LogP contribution in [0, 0.1) is 6.92 Å². The smallest absolute Gasteiger partial charge is 0.251 e. The van der Waals surface area contributed by atoms with Gasteiger partial charge < -0.3 is 10.6 Å². The van der Waals surface area contributed by atoms with Crippen molar-refractivity contribution in [2.45, 2.75) is 19.1 Å². The van der Waals surface area contributed by atoms with Crippen LogP contribution in [0.15, 0.2) is 46.9 Å². The zero-order valence-electron chi connectivity index (χ0n) is 14.7. The van der Waals surface area contributed by atoms with Crippen LogP contribution in [0.25, 0.3) is 0 Å². The number of hydrogen-bond acceptors (Lipinski definition) is 3. The first-order valence-electron chi connectivity index (χ1n) is 8.08. The van der Waals surface area contributed by atoms with E-state index in [1.54, 1.807) is 24.5 Å². The third kappa shape index (κ3) is 6.38. The summed E-state index contributed by atoms with van der Waals surface area (Å²) in [5.74, 6) is -0.00278. The van der Waals surface area contributed by atoms with Crippen LogP contribution >= 0.6 is 15.9 Å². The fourth-order valence-corrected chi connectivity index (χ4v) is 3.38. The Morgan fingerprint density at radius 2 is 1.92 bits per heavy atom. The summed E-state index contributed by atoms with van der Waals surface area (Å²) in [4.78, 5) is 24.3. The highest BCUT2D eigenvalue weighted by Crippen LogP contribution is 2.20. The summed E-state index contributed by atoms with van der Waals surface area (Å²) in [5, 5.41) is 5.58. The van der Waals surface area contributed by atoms with Gasteiger partial charge in [-0.2, -0.15) is 0 Å². The summed E-state index contributed by atoms with van der Waals surface area (Å²) in [6.07, 6.45) is 1.80. The number of rotatable bonds is 7. The van der Waals surface area contributed by atoms with Crippen LogP contribution in [0.1, 0.15) is 27.9 Å². The van der Waals surface area contributed by atoms with Crippen LogP contribution in [0.4, 0.5) is 5.69 Å². The molecule has 0 bridgehead atoms. The van der Waals surface area contributed by atoms with Crippen molar-refractivity contribution in [3.63, 3.8) is 0 Å². The summed E-state index contributed by atoms with van der Waals surface area (Å²) in [5.41, 5.74) is 3.06. The number of benzene rings is 2. The lowest BCUT2D eigenvalue weighted by Gasteiger charge is -2.10. The van der Waals surface area contributed by atoms with Gasteiger partial charge in [0.25, 0.3) is 5.91 Å². The lowest BCUT2D eigenvalue weighted by molar-refractivity contribution is -0.116. The standard InChI is InChI=1S/C19H21BrN2O3S/c1-13-6-7-16(20)11-17(13)22-18(23)8-9-21-19(24)15-5-3-4-14(10-15)12-26(2)25/h3-7,10-11H,8-9,12H2,1-2H3,(H,21,24)(H,22,23). The van der Waals surface area contributed by atoms with E-state index in [0.717, 1.165) is 21.3 Å². The second kappa shape index (κ2) is 9.64. The van der Waals surface area contributed by atoms with Crippen molar-refractivity contribution < 1.29 is 13.8 Å². The molecule has 0 aliphatic rings. The molecule has 0 aliphatic heterocycles. The van der Waals surface area contributed by atoms with Crippen LogP contribution in [-0.4, -0.2) is 28.8 Å². The van der Waals surface area contributed by atoms with Gasteiger partial charge >= 0.3 is 0 Å². The minimum absolute atomic E-state index is 0.165. The topological polar surface area (TPSA) is 75.3 Å². The zero-order valence-corrected chi connectivity index (χ0v) is 17.1. The second-order valence-corrected chi connectivity index (χ2v) is 8.28. The summed E-state index contributed by atoms with van der Waals surface area (Å²) in [7, 11) is -0.961. The van der Waals surface area contributed by atoms with E-state index in [-0.39, 0.29) is 24.8 Å². The molecule has 138 valence electrons. The van der Waals surface area contributed by atoms with Crippen LogP contribution in [0.3, 0.4) is 0 Å². The summed E-state index contributed by atoms with van der Waals surface area (Å²) in [6, 6.07) is 12.7. The summed E-state index contributed by atoms with van der Waals surface area (Å²) < 4.78 is 12.2. The lowest BCUT2D eigenvalue weighted by atomic mass is 10.1. The molecule has 5 nitrogen and oxygen atoms in total. The predicted molar refractivity (Wildman–Crippen MR) is 109 cm³/mol. The monoisotopic (exact) mass is 436 g/mol. The molecule has 2 N–H and O–H groups in total. The Hall–Kier alpha value is -1.99. The molecule has 26 heavy (non-hydrogen) atoms. The van der Waals surface area contributed by atoms with Gasteiger partial charge in [-0.05, 0) is 42.3 Å². The number of nitrogens with one attached hydrogen (secondary N) is 2. The Balaban J connectivity index is 1.85. The van der Waals surface area contributed by atoms with Crippen LogP contribution in [-0.2, 0) is 21.3 Å². The Labute approximate surface area is 164 Å². The van der Waals surface area contributed by atoms with Gasteiger partial charge in [0.15, 0.2) is 0 Å². The quantitative estimate of drug-likeness (QED) is 0.698. The van der Waals surface area contributed by atoms with Crippen LogP contribution < -0.4 is 10.6 Å². The van der Waals surface area contributed by atoms with Crippen molar-refractivity contribution in [2.24, 2.45) is 0 Å². The first kappa shape index (κ1) is 20.3. The van der Waals surface area contributed by atoms with Crippen molar-refractivity contribution in [1.82, 2.24) is 5.32 Å². The molecule has 0 saturated heterocycles. The molecule has 0 saturated carbocycles. The second-order valence-electron chi connectivity index (χ2n) is 5.93. The summed E-state index contributed by atoms with van der Waals surface area (Å²) in [6.45, 7) is 2.15. The van der Waals surface area contributed by atoms with Crippen molar-refractivity contribution >= 4 is 44.2 Å². The Morgan fingerprint density at radius 3 is 2.65 bits per heavy atom. The number of anilines is 1. The molecule has 7 heteroatoms. The van der Waals surface area contributed by atoms with Crippen molar-refractivity contribution in [1.29, 1.82) is 0 Å².